The number of ether oxygens (including phenoxy) is 1. The van der Waals surface area contributed by atoms with E-state index in [1.54, 1.807) is 7.11 Å². The van der Waals surface area contributed by atoms with Gasteiger partial charge >= 0.3 is 0 Å². The number of aliphatic hydroxyl groups is 1. The summed E-state index contributed by atoms with van der Waals surface area (Å²) in [5.74, 6) is 0.803. The fourth-order valence-corrected chi connectivity index (χ4v) is 2.98. The van der Waals surface area contributed by atoms with Crippen LogP contribution in [-0.4, -0.2) is 30.2 Å². The van der Waals surface area contributed by atoms with Crippen LogP contribution in [0.3, 0.4) is 0 Å². The zero-order valence-corrected chi connectivity index (χ0v) is 13.0. The summed E-state index contributed by atoms with van der Waals surface area (Å²) in [5, 5.41) is 10.5. The van der Waals surface area contributed by atoms with E-state index in [1.807, 2.05) is 36.4 Å². The monoisotopic (exact) mass is 297 g/mol. The summed E-state index contributed by atoms with van der Waals surface area (Å²) < 4.78 is 5.15. The molecule has 0 aromatic heterocycles. The lowest BCUT2D eigenvalue weighted by molar-refractivity contribution is 0.220. The van der Waals surface area contributed by atoms with E-state index in [0.717, 1.165) is 23.4 Å². The van der Waals surface area contributed by atoms with Crippen LogP contribution >= 0.6 is 0 Å². The van der Waals surface area contributed by atoms with E-state index in [-0.39, 0.29) is 0 Å². The molecule has 0 saturated carbocycles. The number of aliphatic hydroxyl groups excluding tert-OH is 1. The van der Waals surface area contributed by atoms with E-state index < -0.39 is 6.10 Å². The fraction of sp³-hybridized carbons (Fsp3) is 0.368. The first-order valence-corrected chi connectivity index (χ1v) is 7.89. The molecule has 1 N–H and O–H groups in total. The molecule has 0 spiro atoms. The summed E-state index contributed by atoms with van der Waals surface area (Å²) in [6, 6.07) is 15.9. The Morgan fingerprint density at radius 3 is 2.05 bits per heavy atom. The van der Waals surface area contributed by atoms with Gasteiger partial charge in [-0.3, -0.25) is 4.90 Å². The number of hydrogen-bond donors (Lipinski definition) is 1. The molecule has 1 saturated heterocycles. The number of hydrogen-bond acceptors (Lipinski definition) is 3. The van der Waals surface area contributed by atoms with Gasteiger partial charge in [0.25, 0.3) is 0 Å². The van der Waals surface area contributed by atoms with Gasteiger partial charge in [-0.05, 0) is 54.8 Å². The van der Waals surface area contributed by atoms with E-state index in [2.05, 4.69) is 17.0 Å². The van der Waals surface area contributed by atoms with Crippen molar-refractivity contribution in [3.8, 4) is 5.75 Å². The Hall–Kier alpha value is -1.84. The van der Waals surface area contributed by atoms with Crippen molar-refractivity contribution >= 4 is 0 Å². The molecule has 1 unspecified atom stereocenters. The van der Waals surface area contributed by atoms with Crippen LogP contribution < -0.4 is 4.74 Å². The van der Waals surface area contributed by atoms with Crippen LogP contribution in [0, 0.1) is 0 Å². The van der Waals surface area contributed by atoms with Gasteiger partial charge in [0, 0.05) is 6.54 Å². The van der Waals surface area contributed by atoms with Gasteiger partial charge in [0.05, 0.1) is 7.11 Å². The van der Waals surface area contributed by atoms with Gasteiger partial charge in [0.1, 0.15) is 11.9 Å². The molecule has 0 radical (unpaired) electrons. The predicted octanol–water partition coefficient (Wildman–Crippen LogP) is 3.37. The summed E-state index contributed by atoms with van der Waals surface area (Å²) in [6.07, 6.45) is 2.04. The fourth-order valence-electron chi connectivity index (χ4n) is 2.98. The number of benzene rings is 2. The Morgan fingerprint density at radius 1 is 0.955 bits per heavy atom. The summed E-state index contributed by atoms with van der Waals surface area (Å²) in [5.41, 5.74) is 3.12. The van der Waals surface area contributed by atoms with E-state index in [1.165, 1.54) is 31.5 Å². The van der Waals surface area contributed by atoms with Gasteiger partial charge in [-0.15, -0.1) is 0 Å². The summed E-state index contributed by atoms with van der Waals surface area (Å²) in [6.45, 7) is 3.42. The number of methoxy groups -OCH3 is 1. The maximum absolute atomic E-state index is 10.5. The molecule has 3 nitrogen and oxygen atoms in total. The highest BCUT2D eigenvalue weighted by molar-refractivity contribution is 5.35. The van der Waals surface area contributed by atoms with E-state index >= 15 is 0 Å². The Bertz CT molecular complexity index is 586. The average molecular weight is 297 g/mol. The molecule has 3 rings (SSSR count). The van der Waals surface area contributed by atoms with Crippen molar-refractivity contribution in [3.05, 3.63) is 65.2 Å². The van der Waals surface area contributed by atoms with Crippen molar-refractivity contribution in [1.29, 1.82) is 0 Å². The van der Waals surface area contributed by atoms with Crippen molar-refractivity contribution in [2.45, 2.75) is 25.5 Å². The molecule has 116 valence electrons. The number of likely N-dealkylation sites (tertiary alicyclic amines) is 1. The van der Waals surface area contributed by atoms with Crippen molar-refractivity contribution in [2.24, 2.45) is 0 Å². The molecule has 0 amide bonds. The molecule has 2 aromatic carbocycles. The van der Waals surface area contributed by atoms with Crippen LogP contribution in [0.25, 0.3) is 0 Å². The van der Waals surface area contributed by atoms with Gasteiger partial charge in [-0.2, -0.15) is 0 Å². The van der Waals surface area contributed by atoms with Gasteiger partial charge < -0.3 is 9.84 Å². The minimum Gasteiger partial charge on any atom is -0.497 e. The smallest absolute Gasteiger partial charge is 0.118 e. The zero-order valence-electron chi connectivity index (χ0n) is 13.0. The zero-order chi connectivity index (χ0) is 15.4. The molecule has 1 aliphatic heterocycles. The van der Waals surface area contributed by atoms with E-state index in [9.17, 15) is 5.11 Å². The Morgan fingerprint density at radius 2 is 1.50 bits per heavy atom. The van der Waals surface area contributed by atoms with Gasteiger partial charge in [0.15, 0.2) is 0 Å². The number of rotatable bonds is 5. The normalized spacial score (nSPS) is 16.6. The summed E-state index contributed by atoms with van der Waals surface area (Å²) in [7, 11) is 1.64. The largest absolute Gasteiger partial charge is 0.497 e. The second-order valence-electron chi connectivity index (χ2n) is 5.90. The van der Waals surface area contributed by atoms with Crippen molar-refractivity contribution in [2.75, 3.05) is 20.2 Å². The molecule has 22 heavy (non-hydrogen) atoms. The molecule has 1 atom stereocenters. The van der Waals surface area contributed by atoms with E-state index in [0.29, 0.717) is 0 Å². The minimum absolute atomic E-state index is 0.591. The highest BCUT2D eigenvalue weighted by atomic mass is 16.5. The topological polar surface area (TPSA) is 32.7 Å². The quantitative estimate of drug-likeness (QED) is 0.918. The average Bonchev–Trinajstić information content (AvgIpc) is 3.08. The first-order valence-electron chi connectivity index (χ1n) is 7.89. The van der Waals surface area contributed by atoms with Gasteiger partial charge in [0.2, 0.25) is 0 Å². The molecule has 3 heteroatoms. The maximum Gasteiger partial charge on any atom is 0.118 e. The molecule has 0 bridgehead atoms. The lowest BCUT2D eigenvalue weighted by Crippen LogP contribution is -2.18. The molecular formula is C19H23NO2. The Labute approximate surface area is 132 Å². The molecular weight excluding hydrogens is 274 g/mol. The van der Waals surface area contributed by atoms with Crippen LogP contribution in [0.5, 0.6) is 5.75 Å². The van der Waals surface area contributed by atoms with Crippen LogP contribution in [0.2, 0.25) is 0 Å². The first-order chi connectivity index (χ1) is 10.8. The Kier molecular flexibility index (Phi) is 4.76. The van der Waals surface area contributed by atoms with Gasteiger partial charge in [-0.1, -0.05) is 36.4 Å². The van der Waals surface area contributed by atoms with Crippen molar-refractivity contribution in [1.82, 2.24) is 4.90 Å². The van der Waals surface area contributed by atoms with Crippen LogP contribution in [0.1, 0.15) is 35.6 Å². The predicted molar refractivity (Wildman–Crippen MR) is 88.0 cm³/mol. The third-order valence-corrected chi connectivity index (χ3v) is 4.33. The molecule has 1 aliphatic rings. The summed E-state index contributed by atoms with van der Waals surface area (Å²) in [4.78, 5) is 2.48. The second kappa shape index (κ2) is 6.95. The lowest BCUT2D eigenvalue weighted by Gasteiger charge is -2.16. The van der Waals surface area contributed by atoms with Crippen LogP contribution in [0.4, 0.5) is 0 Å². The minimum atomic E-state index is -0.591. The maximum atomic E-state index is 10.5. The Balaban J connectivity index is 1.67. The molecule has 1 fully saturated rings. The lowest BCUT2D eigenvalue weighted by atomic mass is 10.0. The van der Waals surface area contributed by atoms with Gasteiger partial charge in [-0.25, -0.2) is 0 Å². The summed E-state index contributed by atoms with van der Waals surface area (Å²) >= 11 is 0. The highest BCUT2D eigenvalue weighted by Crippen LogP contribution is 2.24. The SMILES string of the molecule is COc1ccc(C(O)c2ccc(CN3CCCC3)cc2)cc1. The van der Waals surface area contributed by atoms with Crippen molar-refractivity contribution in [3.63, 3.8) is 0 Å². The standard InChI is InChI=1S/C19H23NO2/c1-22-18-10-8-17(9-11-18)19(21)16-6-4-15(5-7-16)14-20-12-2-3-13-20/h4-11,19,21H,2-3,12-14H2,1H3. The first kappa shape index (κ1) is 15.1. The highest BCUT2D eigenvalue weighted by Gasteiger charge is 2.13. The third kappa shape index (κ3) is 3.49. The van der Waals surface area contributed by atoms with E-state index in [4.69, 9.17) is 4.74 Å². The third-order valence-electron chi connectivity index (χ3n) is 4.33. The van der Waals surface area contributed by atoms with Crippen LogP contribution in [-0.2, 0) is 6.54 Å². The van der Waals surface area contributed by atoms with Crippen molar-refractivity contribution < 1.29 is 9.84 Å². The number of nitrogens with zero attached hydrogens (tertiary/aromatic N) is 1. The second-order valence-corrected chi connectivity index (χ2v) is 5.90. The molecule has 0 aliphatic carbocycles. The van der Waals surface area contributed by atoms with Crippen LogP contribution in [0.15, 0.2) is 48.5 Å². The molecule has 1 heterocycles. The molecule has 2 aromatic rings.